The van der Waals surface area contributed by atoms with E-state index < -0.39 is 58.2 Å². The number of rotatable bonds is 6. The number of aliphatic hydroxyl groups is 1. The lowest BCUT2D eigenvalue weighted by atomic mass is 10.3. The normalized spacial score (nSPS) is 13.2. The van der Waals surface area contributed by atoms with Crippen molar-refractivity contribution in [3.05, 3.63) is 18.2 Å². The first-order valence-electron chi connectivity index (χ1n) is 5.06. The average molecular weight is 361 g/mol. The Kier molecular flexibility index (Phi) is 4.97. The second-order valence-electron chi connectivity index (χ2n) is 3.69. The molecule has 0 radical (unpaired) electrons. The zero-order chi connectivity index (χ0) is 16.5. The van der Waals surface area contributed by atoms with Gasteiger partial charge >= 0.3 is 20.5 Å². The van der Waals surface area contributed by atoms with E-state index in [1.807, 2.05) is 0 Å². The highest BCUT2D eigenvalue weighted by molar-refractivity contribution is 7.97. The minimum Gasteiger partial charge on any atom is -0.398 e. The van der Waals surface area contributed by atoms with Gasteiger partial charge in [0.05, 0.1) is 22.9 Å². The van der Waals surface area contributed by atoms with Crippen molar-refractivity contribution in [2.24, 2.45) is 0 Å². The maximum absolute atomic E-state index is 11.7. The quantitative estimate of drug-likeness (QED) is 0.400. The molecular formula is C8H11NO9S3. The second kappa shape index (κ2) is 5.86. The summed E-state index contributed by atoms with van der Waals surface area (Å²) in [7, 11) is -14.4. The van der Waals surface area contributed by atoms with Gasteiger partial charge in [-0.2, -0.15) is 16.8 Å². The summed E-state index contributed by atoms with van der Waals surface area (Å²) >= 11 is 0. The molecule has 21 heavy (non-hydrogen) atoms. The lowest BCUT2D eigenvalue weighted by Crippen LogP contribution is -2.16. The van der Waals surface area contributed by atoms with Crippen molar-refractivity contribution >= 4 is 36.0 Å². The monoisotopic (exact) mass is 361 g/mol. The molecule has 1 aromatic carbocycles. The van der Waals surface area contributed by atoms with Crippen LogP contribution >= 0.6 is 0 Å². The molecule has 10 nitrogen and oxygen atoms in total. The van der Waals surface area contributed by atoms with Gasteiger partial charge in [-0.25, -0.2) is 8.42 Å². The van der Waals surface area contributed by atoms with Crippen LogP contribution in [0.1, 0.15) is 0 Å². The Morgan fingerprint density at radius 3 is 2.14 bits per heavy atom. The van der Waals surface area contributed by atoms with Crippen molar-refractivity contribution < 1.29 is 38.5 Å². The largest absolute Gasteiger partial charge is 0.412 e. The van der Waals surface area contributed by atoms with Crippen LogP contribution in [0.3, 0.4) is 0 Å². The third-order valence-corrected chi connectivity index (χ3v) is 6.14. The van der Waals surface area contributed by atoms with E-state index >= 15 is 0 Å². The summed E-state index contributed by atoms with van der Waals surface area (Å²) in [4.78, 5) is -1.46. The Labute approximate surface area is 121 Å². The number of hydrogen-bond acceptors (Lipinski definition) is 9. The van der Waals surface area contributed by atoms with Gasteiger partial charge in [-0.1, -0.05) is 0 Å². The fourth-order valence-corrected chi connectivity index (χ4v) is 4.26. The van der Waals surface area contributed by atoms with Crippen LogP contribution in [0.4, 0.5) is 5.69 Å². The zero-order valence-electron chi connectivity index (χ0n) is 10.2. The fourth-order valence-electron chi connectivity index (χ4n) is 1.31. The first kappa shape index (κ1) is 17.8. The molecule has 0 bridgehead atoms. The lowest BCUT2D eigenvalue weighted by Gasteiger charge is -2.08. The first-order chi connectivity index (χ1) is 9.39. The molecule has 0 aliphatic heterocycles. The molecule has 0 spiro atoms. The van der Waals surface area contributed by atoms with Crippen LogP contribution in [0.5, 0.6) is 0 Å². The minimum atomic E-state index is -5.34. The molecule has 4 N–H and O–H groups in total. The van der Waals surface area contributed by atoms with Gasteiger partial charge in [0.25, 0.3) is 0 Å². The molecular weight excluding hydrogens is 350 g/mol. The number of hydrogen-bond donors (Lipinski definition) is 3. The van der Waals surface area contributed by atoms with Crippen LogP contribution in [0, 0.1) is 0 Å². The van der Waals surface area contributed by atoms with Gasteiger partial charge in [0, 0.05) is 0 Å². The maximum atomic E-state index is 11.7. The van der Waals surface area contributed by atoms with E-state index in [0.29, 0.717) is 6.07 Å². The number of aliphatic hydroxyl groups excluding tert-OH is 1. The summed E-state index contributed by atoms with van der Waals surface area (Å²) < 4.78 is 79.5. The van der Waals surface area contributed by atoms with E-state index in [4.69, 9.17) is 15.4 Å². The Bertz CT molecular complexity index is 839. The van der Waals surface area contributed by atoms with Crippen LogP contribution < -0.4 is 5.73 Å². The summed E-state index contributed by atoms with van der Waals surface area (Å²) in [5, 5.41) is 8.64. The predicted molar refractivity (Wildman–Crippen MR) is 69.8 cm³/mol. The lowest BCUT2D eigenvalue weighted by molar-refractivity contribution is 0.319. The van der Waals surface area contributed by atoms with Crippen LogP contribution in [0.15, 0.2) is 28.0 Å². The molecule has 120 valence electrons. The van der Waals surface area contributed by atoms with Crippen LogP contribution in [0.2, 0.25) is 0 Å². The number of nitrogens with two attached hydrogens (primary N) is 1. The molecule has 0 fully saturated rings. The van der Waals surface area contributed by atoms with Gasteiger partial charge in [-0.05, 0) is 18.2 Å². The first-order valence-corrected chi connectivity index (χ1v) is 9.48. The van der Waals surface area contributed by atoms with E-state index in [9.17, 15) is 25.3 Å². The minimum absolute atomic E-state index is 0.485. The van der Waals surface area contributed by atoms with E-state index in [1.54, 1.807) is 0 Å². The van der Waals surface area contributed by atoms with Crippen molar-refractivity contribution in [1.82, 2.24) is 0 Å². The molecule has 0 saturated carbocycles. The van der Waals surface area contributed by atoms with Gasteiger partial charge in [0.1, 0.15) is 4.90 Å². The number of anilines is 1. The SMILES string of the molecule is Nc1ccc(S(=O)(=O)CCO)cc1S(=O)(=O)OS(=O)(=O)O. The number of sulfone groups is 1. The van der Waals surface area contributed by atoms with Crippen molar-refractivity contribution in [2.75, 3.05) is 18.1 Å². The molecule has 1 aromatic rings. The van der Waals surface area contributed by atoms with E-state index in [2.05, 4.69) is 3.63 Å². The standard InChI is InChI=1S/C8H11NO9S3/c9-7-2-1-6(19(11,12)4-3-10)5-8(7)20(13,14)18-21(15,16)17/h1-2,5,10H,3-4,9H2,(H,15,16,17). The fraction of sp³-hybridized carbons (Fsp3) is 0.250. The third kappa shape index (κ3) is 4.62. The van der Waals surface area contributed by atoms with E-state index in [-0.39, 0.29) is 0 Å². The molecule has 0 atom stereocenters. The predicted octanol–water partition coefficient (Wildman–Crippen LogP) is -1.46. The van der Waals surface area contributed by atoms with Gasteiger partial charge in [-0.15, -0.1) is 3.63 Å². The smallest absolute Gasteiger partial charge is 0.398 e. The Hall–Kier alpha value is -1.25. The average Bonchev–Trinajstić information content (AvgIpc) is 2.25. The van der Waals surface area contributed by atoms with Crippen molar-refractivity contribution in [2.45, 2.75) is 9.79 Å². The van der Waals surface area contributed by atoms with Gasteiger partial charge in [-0.3, -0.25) is 4.55 Å². The molecule has 0 aliphatic carbocycles. The molecule has 0 aromatic heterocycles. The van der Waals surface area contributed by atoms with Crippen LogP contribution in [0.25, 0.3) is 0 Å². The summed E-state index contributed by atoms with van der Waals surface area (Å²) in [5.41, 5.74) is 4.85. The third-order valence-electron chi connectivity index (χ3n) is 2.15. The van der Waals surface area contributed by atoms with Crippen LogP contribution in [-0.2, 0) is 34.0 Å². The highest BCUT2D eigenvalue weighted by Crippen LogP contribution is 2.25. The summed E-state index contributed by atoms with van der Waals surface area (Å²) in [6.07, 6.45) is 0. The Morgan fingerprint density at radius 1 is 1.10 bits per heavy atom. The molecule has 0 heterocycles. The van der Waals surface area contributed by atoms with Crippen molar-refractivity contribution in [1.29, 1.82) is 0 Å². The zero-order valence-corrected chi connectivity index (χ0v) is 12.7. The summed E-state index contributed by atoms with van der Waals surface area (Å²) in [6, 6.07) is 2.46. The maximum Gasteiger partial charge on any atom is 0.412 e. The van der Waals surface area contributed by atoms with Gasteiger partial charge in [0.15, 0.2) is 9.84 Å². The molecule has 13 heteroatoms. The van der Waals surface area contributed by atoms with Crippen molar-refractivity contribution in [3.63, 3.8) is 0 Å². The van der Waals surface area contributed by atoms with E-state index in [1.165, 1.54) is 0 Å². The molecule has 0 aliphatic rings. The topological polar surface area (TPSA) is 178 Å². The Balaban J connectivity index is 3.46. The highest BCUT2D eigenvalue weighted by Gasteiger charge is 2.27. The molecule has 0 amide bonds. The van der Waals surface area contributed by atoms with Crippen molar-refractivity contribution in [3.8, 4) is 0 Å². The Morgan fingerprint density at radius 2 is 1.67 bits per heavy atom. The second-order valence-corrected chi connectivity index (χ2v) is 8.55. The van der Waals surface area contributed by atoms with Gasteiger partial charge in [0.2, 0.25) is 0 Å². The summed E-state index contributed by atoms with van der Waals surface area (Å²) in [5.74, 6) is -0.671. The number of benzene rings is 1. The number of nitrogen functional groups attached to an aromatic ring is 1. The summed E-state index contributed by atoms with van der Waals surface area (Å²) in [6.45, 7) is -0.698. The van der Waals surface area contributed by atoms with E-state index in [0.717, 1.165) is 12.1 Å². The van der Waals surface area contributed by atoms with Crippen LogP contribution in [-0.4, -0.2) is 47.3 Å². The molecule has 0 unspecified atom stereocenters. The van der Waals surface area contributed by atoms with Gasteiger partial charge < -0.3 is 10.8 Å². The molecule has 0 saturated heterocycles. The highest BCUT2D eigenvalue weighted by atomic mass is 32.3. The molecule has 1 rings (SSSR count).